The Morgan fingerprint density at radius 2 is 1.42 bits per heavy atom. The quantitative estimate of drug-likeness (QED) is 0.471. The normalized spacial score (nSPS) is 12.7. The van der Waals surface area contributed by atoms with Gasteiger partial charge in [0.25, 0.3) is 0 Å². The van der Waals surface area contributed by atoms with Crippen molar-refractivity contribution in [2.75, 3.05) is 13.2 Å². The Labute approximate surface area is 139 Å². The van der Waals surface area contributed by atoms with Crippen LogP contribution in [0.5, 0.6) is 0 Å². The number of alkyl halides is 6. The van der Waals surface area contributed by atoms with Crippen LogP contribution in [0.15, 0.2) is 18.2 Å². The van der Waals surface area contributed by atoms with E-state index >= 15 is 0 Å². The summed E-state index contributed by atoms with van der Waals surface area (Å²) in [5.41, 5.74) is -6.68. The van der Waals surface area contributed by atoms with Crippen molar-refractivity contribution in [1.29, 1.82) is 0 Å². The highest BCUT2D eigenvalue weighted by atomic mass is 19.4. The van der Waals surface area contributed by atoms with E-state index in [1.54, 1.807) is 0 Å². The van der Waals surface area contributed by atoms with Crippen molar-refractivity contribution < 1.29 is 59.3 Å². The van der Waals surface area contributed by atoms with Crippen LogP contribution in [0.3, 0.4) is 0 Å². The number of hydrogen-bond acceptors (Lipinski definition) is 5. The van der Waals surface area contributed by atoms with Crippen LogP contribution < -0.4 is 0 Å². The van der Waals surface area contributed by atoms with E-state index in [0.717, 1.165) is 12.1 Å². The summed E-state index contributed by atoms with van der Waals surface area (Å²) < 4.78 is 108. The van der Waals surface area contributed by atoms with Gasteiger partial charge in [-0.1, -0.05) is 6.07 Å². The molecule has 1 aromatic rings. The molecule has 0 radical (unpaired) electrons. The molecule has 146 valence electrons. The van der Waals surface area contributed by atoms with Gasteiger partial charge < -0.3 is 14.6 Å². The minimum atomic E-state index is -6.43. The summed E-state index contributed by atoms with van der Waals surface area (Å²) in [5.74, 6) is -7.62. The van der Waals surface area contributed by atoms with Crippen molar-refractivity contribution in [1.82, 2.24) is 0 Å². The van der Waals surface area contributed by atoms with E-state index in [1.165, 1.54) is 0 Å². The number of rotatable bonds is 5. The van der Waals surface area contributed by atoms with Gasteiger partial charge in [0.1, 0.15) is 13.2 Å². The molecule has 0 bridgehead atoms. The third-order valence-corrected chi connectivity index (χ3v) is 2.84. The zero-order valence-electron chi connectivity index (χ0n) is 12.3. The third kappa shape index (κ3) is 4.20. The van der Waals surface area contributed by atoms with E-state index in [9.17, 15) is 44.7 Å². The molecule has 0 atom stereocenters. The fraction of sp³-hybridized carbons (Fsp3) is 0.385. The molecule has 5 nitrogen and oxygen atoms in total. The minimum absolute atomic E-state index is 0.670. The van der Waals surface area contributed by atoms with Gasteiger partial charge in [0.15, 0.2) is 11.6 Å². The fourth-order valence-corrected chi connectivity index (χ4v) is 1.50. The highest BCUT2D eigenvalue weighted by Crippen LogP contribution is 2.43. The van der Waals surface area contributed by atoms with Crippen molar-refractivity contribution in [3.05, 3.63) is 35.4 Å². The molecule has 0 aliphatic rings. The first kappa shape index (κ1) is 21.6. The van der Waals surface area contributed by atoms with Gasteiger partial charge in [-0.15, -0.1) is 0 Å². The molecule has 26 heavy (non-hydrogen) atoms. The van der Waals surface area contributed by atoms with Crippen LogP contribution in [0.4, 0.5) is 35.1 Å². The number of benzene rings is 1. The Morgan fingerprint density at radius 3 is 1.92 bits per heavy atom. The Hall–Kier alpha value is -2.44. The van der Waals surface area contributed by atoms with Gasteiger partial charge in [-0.2, -0.15) is 26.3 Å². The topological polar surface area (TPSA) is 72.8 Å². The second-order valence-electron chi connectivity index (χ2n) is 4.58. The van der Waals surface area contributed by atoms with Gasteiger partial charge >= 0.3 is 29.9 Å². The molecule has 0 saturated carbocycles. The third-order valence-electron chi connectivity index (χ3n) is 2.84. The molecule has 1 aromatic carbocycles. The highest BCUT2D eigenvalue weighted by molar-refractivity contribution is 5.89. The first-order valence-corrected chi connectivity index (χ1v) is 6.37. The van der Waals surface area contributed by atoms with Crippen LogP contribution in [0.25, 0.3) is 0 Å². The molecule has 1 rings (SSSR count). The van der Waals surface area contributed by atoms with Crippen molar-refractivity contribution in [3.8, 4) is 0 Å². The monoisotopic (exact) mass is 396 g/mol. The predicted octanol–water partition coefficient (Wildman–Crippen LogP) is 2.52. The molecule has 0 saturated heterocycles. The number of esters is 2. The number of halogens is 8. The lowest BCUT2D eigenvalue weighted by molar-refractivity contribution is -0.357. The van der Waals surface area contributed by atoms with Crippen molar-refractivity contribution in [2.45, 2.75) is 18.0 Å². The summed E-state index contributed by atoms with van der Waals surface area (Å²) in [5, 5.41) is 8.68. The van der Waals surface area contributed by atoms with E-state index in [0.29, 0.717) is 6.07 Å². The highest BCUT2D eigenvalue weighted by Gasteiger charge is 2.76. The van der Waals surface area contributed by atoms with E-state index in [2.05, 4.69) is 9.47 Å². The number of aliphatic hydroxyl groups is 1. The van der Waals surface area contributed by atoms with Crippen LogP contribution in [-0.4, -0.2) is 48.2 Å². The lowest BCUT2D eigenvalue weighted by Crippen LogP contribution is -2.63. The summed E-state index contributed by atoms with van der Waals surface area (Å²) in [6.07, 6.45) is -12.9. The van der Waals surface area contributed by atoms with Crippen LogP contribution in [0, 0.1) is 11.6 Å². The molecule has 0 heterocycles. The van der Waals surface area contributed by atoms with E-state index < -0.39 is 60.3 Å². The smallest absolute Gasteiger partial charge is 0.437 e. The molecule has 1 N–H and O–H groups in total. The number of ether oxygens (including phenoxy) is 2. The lowest BCUT2D eigenvalue weighted by Gasteiger charge is -2.29. The Bertz CT molecular complexity index is 668. The van der Waals surface area contributed by atoms with Crippen molar-refractivity contribution >= 4 is 11.9 Å². The first-order valence-electron chi connectivity index (χ1n) is 6.37. The summed E-state index contributed by atoms with van der Waals surface area (Å²) in [4.78, 5) is 22.4. The second kappa shape index (κ2) is 7.43. The summed E-state index contributed by atoms with van der Waals surface area (Å²) in [6.45, 7) is -2.41. The zero-order valence-corrected chi connectivity index (χ0v) is 12.3. The van der Waals surface area contributed by atoms with Crippen LogP contribution in [0.1, 0.15) is 10.4 Å². The van der Waals surface area contributed by atoms with Gasteiger partial charge in [-0.05, 0) is 12.1 Å². The van der Waals surface area contributed by atoms with E-state index in [1.807, 2.05) is 0 Å². The number of carbonyl (C=O) groups is 2. The largest absolute Gasteiger partial charge is 0.459 e. The van der Waals surface area contributed by atoms with Gasteiger partial charge in [-0.3, -0.25) is 0 Å². The number of hydrogen-bond donors (Lipinski definition) is 1. The summed E-state index contributed by atoms with van der Waals surface area (Å²) >= 11 is 0. The molecule has 0 aliphatic carbocycles. The first-order chi connectivity index (χ1) is 11.7. The molecule has 0 aromatic heterocycles. The molecule has 0 spiro atoms. The molecule has 0 fully saturated rings. The maximum atomic E-state index is 13.3. The minimum Gasteiger partial charge on any atom is -0.459 e. The van der Waals surface area contributed by atoms with E-state index in [-0.39, 0.29) is 0 Å². The maximum absolute atomic E-state index is 13.3. The molecule has 0 amide bonds. The van der Waals surface area contributed by atoms with Crippen LogP contribution in [0.2, 0.25) is 0 Å². The molecular formula is C13H8F8O5. The standard InChI is InChI=1S/C13H8F8O5/c14-7-3-1-2-6(8(7)15)9(22)25-4-5-26-10(23)11(24,12(16,17)18)13(19,20)21/h1-3,24H,4-5H2. The lowest BCUT2D eigenvalue weighted by atomic mass is 10.0. The Morgan fingerprint density at radius 1 is 0.923 bits per heavy atom. The molecular weight excluding hydrogens is 388 g/mol. The zero-order chi connectivity index (χ0) is 20.3. The average Bonchev–Trinajstić information content (AvgIpc) is 2.50. The van der Waals surface area contributed by atoms with E-state index in [4.69, 9.17) is 5.11 Å². The van der Waals surface area contributed by atoms with Crippen LogP contribution >= 0.6 is 0 Å². The molecule has 0 aliphatic heterocycles. The molecule has 13 heteroatoms. The molecule has 0 unspecified atom stereocenters. The Kier molecular flexibility index (Phi) is 6.18. The Balaban J connectivity index is 2.69. The van der Waals surface area contributed by atoms with Gasteiger partial charge in [0.2, 0.25) is 0 Å². The maximum Gasteiger partial charge on any atom is 0.437 e. The van der Waals surface area contributed by atoms with Crippen molar-refractivity contribution in [3.63, 3.8) is 0 Å². The predicted molar refractivity (Wildman–Crippen MR) is 64.7 cm³/mol. The SMILES string of the molecule is O=C(OCCOC(=O)C(O)(C(F)(F)F)C(F)(F)F)c1cccc(F)c1F. The summed E-state index contributed by atoms with van der Waals surface area (Å²) in [7, 11) is 0. The van der Waals surface area contributed by atoms with Crippen LogP contribution in [-0.2, 0) is 14.3 Å². The summed E-state index contributed by atoms with van der Waals surface area (Å²) in [6, 6.07) is 2.39. The average molecular weight is 396 g/mol. The van der Waals surface area contributed by atoms with Crippen molar-refractivity contribution in [2.24, 2.45) is 0 Å². The van der Waals surface area contributed by atoms with Gasteiger partial charge in [-0.25, -0.2) is 18.4 Å². The fourth-order valence-electron chi connectivity index (χ4n) is 1.50. The number of carbonyl (C=O) groups excluding carboxylic acids is 2. The van der Waals surface area contributed by atoms with Gasteiger partial charge in [0.05, 0.1) is 5.56 Å². The second-order valence-corrected chi connectivity index (χ2v) is 4.58. The van der Waals surface area contributed by atoms with Gasteiger partial charge in [0, 0.05) is 0 Å².